The Morgan fingerprint density at radius 3 is 2.40 bits per heavy atom. The first-order valence-corrected chi connectivity index (χ1v) is 8.43. The smallest absolute Gasteiger partial charge is 0.0522 e. The average Bonchev–Trinajstić information content (AvgIpc) is 2.79. The maximum atomic E-state index is 6.47. The fraction of sp³-hybridized carbons (Fsp3) is 0.824. The molecule has 1 heterocycles. The molecule has 3 heteroatoms. The molecule has 1 aromatic heterocycles. The van der Waals surface area contributed by atoms with Gasteiger partial charge in [0.1, 0.15) is 0 Å². The molecule has 1 atom stereocenters. The van der Waals surface area contributed by atoms with Crippen molar-refractivity contribution < 1.29 is 0 Å². The largest absolute Gasteiger partial charge is 0.327 e. The van der Waals surface area contributed by atoms with Crippen LogP contribution in [0.2, 0.25) is 0 Å². The van der Waals surface area contributed by atoms with Crippen molar-refractivity contribution in [1.82, 2.24) is 10.2 Å². The van der Waals surface area contributed by atoms with Gasteiger partial charge < -0.3 is 5.73 Å². The highest BCUT2D eigenvalue weighted by Crippen LogP contribution is 2.57. The number of nitrogens with one attached hydrogen (secondary N) is 1. The Morgan fingerprint density at radius 1 is 1.20 bits per heavy atom. The van der Waals surface area contributed by atoms with Crippen molar-refractivity contribution in [3.05, 3.63) is 17.5 Å². The fourth-order valence-electron chi connectivity index (χ4n) is 5.72. The van der Waals surface area contributed by atoms with E-state index in [-0.39, 0.29) is 0 Å². The third-order valence-electron chi connectivity index (χ3n) is 6.41. The minimum absolute atomic E-state index is 0.314. The van der Waals surface area contributed by atoms with Crippen LogP contribution in [0.3, 0.4) is 0 Å². The van der Waals surface area contributed by atoms with E-state index in [1.807, 2.05) is 6.20 Å². The Labute approximate surface area is 121 Å². The highest BCUT2D eigenvalue weighted by atomic mass is 15.1. The molecule has 3 nitrogen and oxygen atoms in total. The molecule has 0 amide bonds. The summed E-state index contributed by atoms with van der Waals surface area (Å²) >= 11 is 0. The summed E-state index contributed by atoms with van der Waals surface area (Å²) < 4.78 is 0. The number of aromatic nitrogens is 2. The molecule has 5 rings (SSSR count). The van der Waals surface area contributed by atoms with Crippen molar-refractivity contribution in [1.29, 1.82) is 0 Å². The van der Waals surface area contributed by atoms with Crippen LogP contribution < -0.4 is 5.73 Å². The second kappa shape index (κ2) is 4.87. The van der Waals surface area contributed by atoms with Crippen molar-refractivity contribution in [2.24, 2.45) is 35.3 Å². The maximum Gasteiger partial charge on any atom is 0.0522 e. The van der Waals surface area contributed by atoms with Gasteiger partial charge in [-0.15, -0.1) is 0 Å². The third-order valence-corrected chi connectivity index (χ3v) is 6.41. The van der Waals surface area contributed by atoms with Gasteiger partial charge in [0.2, 0.25) is 0 Å². The summed E-state index contributed by atoms with van der Waals surface area (Å²) in [7, 11) is 0. The monoisotopic (exact) mass is 273 g/mol. The molecule has 4 aliphatic rings. The van der Waals surface area contributed by atoms with Gasteiger partial charge in [-0.3, -0.25) is 5.10 Å². The van der Waals surface area contributed by atoms with Crippen LogP contribution in [0.4, 0.5) is 0 Å². The number of rotatable bonds is 4. The molecule has 110 valence electrons. The van der Waals surface area contributed by atoms with Crippen molar-refractivity contribution >= 4 is 0 Å². The standard InChI is InChI=1S/C17H27N3/c1-10-15(9-19-20-10)7-16(18)8-17-13-3-11-2-12(5-13)6-14(17)4-11/h9,11-14,16-17H,2-8,18H2,1H3,(H,19,20). The number of hydrogen-bond acceptors (Lipinski definition) is 2. The summed E-state index contributed by atoms with van der Waals surface area (Å²) in [5.41, 5.74) is 8.96. The van der Waals surface area contributed by atoms with Gasteiger partial charge in [0, 0.05) is 11.7 Å². The van der Waals surface area contributed by atoms with E-state index in [0.717, 1.165) is 36.0 Å². The summed E-state index contributed by atoms with van der Waals surface area (Å²) in [6.07, 6.45) is 11.8. The number of nitrogens with two attached hydrogens (primary N) is 1. The molecule has 0 spiro atoms. The maximum absolute atomic E-state index is 6.47. The zero-order valence-electron chi connectivity index (χ0n) is 12.5. The normalized spacial score (nSPS) is 40.2. The fourth-order valence-corrected chi connectivity index (χ4v) is 5.72. The first-order chi connectivity index (χ1) is 9.69. The van der Waals surface area contributed by atoms with Crippen LogP contribution in [-0.2, 0) is 6.42 Å². The Kier molecular flexibility index (Phi) is 3.13. The summed E-state index contributed by atoms with van der Waals surface area (Å²) in [6.45, 7) is 2.10. The van der Waals surface area contributed by atoms with Gasteiger partial charge in [-0.25, -0.2) is 0 Å². The lowest BCUT2D eigenvalue weighted by Crippen LogP contribution is -2.47. The Bertz CT molecular complexity index is 450. The van der Waals surface area contributed by atoms with Crippen molar-refractivity contribution in [2.75, 3.05) is 0 Å². The second-order valence-electron chi connectivity index (χ2n) is 7.81. The highest BCUT2D eigenvalue weighted by molar-refractivity contribution is 5.15. The summed E-state index contributed by atoms with van der Waals surface area (Å²) in [5.74, 6) is 5.07. The molecule has 4 bridgehead atoms. The number of aryl methyl sites for hydroxylation is 1. The zero-order valence-corrected chi connectivity index (χ0v) is 12.5. The second-order valence-corrected chi connectivity index (χ2v) is 7.81. The highest BCUT2D eigenvalue weighted by Gasteiger charge is 2.48. The SMILES string of the molecule is Cc1[nH]ncc1CC(N)CC1C2CC3CC(C2)CC1C3. The van der Waals surface area contributed by atoms with Crippen molar-refractivity contribution in [3.63, 3.8) is 0 Å². The van der Waals surface area contributed by atoms with Gasteiger partial charge in [0.25, 0.3) is 0 Å². The predicted octanol–water partition coefficient (Wildman–Crippen LogP) is 3.05. The van der Waals surface area contributed by atoms with Gasteiger partial charge in [-0.1, -0.05) is 0 Å². The molecule has 3 N–H and O–H groups in total. The van der Waals surface area contributed by atoms with Gasteiger partial charge in [0.05, 0.1) is 6.20 Å². The Hall–Kier alpha value is -0.830. The summed E-state index contributed by atoms with van der Waals surface area (Å²) in [5, 5.41) is 7.14. The molecular weight excluding hydrogens is 246 g/mol. The summed E-state index contributed by atoms with van der Waals surface area (Å²) in [6, 6.07) is 0.314. The van der Waals surface area contributed by atoms with Crippen molar-refractivity contribution in [3.8, 4) is 0 Å². The van der Waals surface area contributed by atoms with E-state index in [1.165, 1.54) is 43.4 Å². The van der Waals surface area contributed by atoms with E-state index in [2.05, 4.69) is 17.1 Å². The molecule has 0 aliphatic heterocycles. The number of H-pyrrole nitrogens is 1. The van der Waals surface area contributed by atoms with E-state index >= 15 is 0 Å². The minimum Gasteiger partial charge on any atom is -0.327 e. The quantitative estimate of drug-likeness (QED) is 0.886. The van der Waals surface area contributed by atoms with Crippen LogP contribution in [0, 0.1) is 36.5 Å². The lowest BCUT2D eigenvalue weighted by Gasteiger charge is -2.55. The molecule has 4 saturated carbocycles. The Morgan fingerprint density at radius 2 is 1.85 bits per heavy atom. The van der Waals surface area contributed by atoms with Gasteiger partial charge in [-0.05, 0) is 87.0 Å². The number of aromatic amines is 1. The minimum atomic E-state index is 0.314. The van der Waals surface area contributed by atoms with E-state index in [1.54, 1.807) is 6.42 Å². The first-order valence-electron chi connectivity index (χ1n) is 8.43. The zero-order chi connectivity index (χ0) is 13.7. The Balaban J connectivity index is 1.40. The van der Waals surface area contributed by atoms with Gasteiger partial charge in [-0.2, -0.15) is 5.10 Å². The van der Waals surface area contributed by atoms with Crippen LogP contribution in [0.15, 0.2) is 6.20 Å². The van der Waals surface area contributed by atoms with E-state index in [0.29, 0.717) is 6.04 Å². The molecule has 0 radical (unpaired) electrons. The van der Waals surface area contributed by atoms with E-state index in [4.69, 9.17) is 5.73 Å². The molecule has 4 fully saturated rings. The van der Waals surface area contributed by atoms with Crippen molar-refractivity contribution in [2.45, 2.75) is 57.9 Å². The van der Waals surface area contributed by atoms with E-state index in [9.17, 15) is 0 Å². The van der Waals surface area contributed by atoms with Crippen LogP contribution in [0.5, 0.6) is 0 Å². The molecule has 0 saturated heterocycles. The van der Waals surface area contributed by atoms with Crippen LogP contribution in [-0.4, -0.2) is 16.2 Å². The topological polar surface area (TPSA) is 54.7 Å². The molecular formula is C17H27N3. The molecule has 4 aliphatic carbocycles. The molecule has 1 aromatic rings. The molecule has 1 unspecified atom stereocenters. The molecule has 0 aromatic carbocycles. The first kappa shape index (κ1) is 12.9. The average molecular weight is 273 g/mol. The van der Waals surface area contributed by atoms with E-state index < -0.39 is 0 Å². The predicted molar refractivity (Wildman–Crippen MR) is 80.2 cm³/mol. The third kappa shape index (κ3) is 2.20. The van der Waals surface area contributed by atoms with Gasteiger partial charge in [0.15, 0.2) is 0 Å². The summed E-state index contributed by atoms with van der Waals surface area (Å²) in [4.78, 5) is 0. The molecule has 20 heavy (non-hydrogen) atoms. The number of hydrogen-bond donors (Lipinski definition) is 2. The van der Waals surface area contributed by atoms with Crippen LogP contribution in [0.1, 0.15) is 49.8 Å². The van der Waals surface area contributed by atoms with Crippen LogP contribution in [0.25, 0.3) is 0 Å². The van der Waals surface area contributed by atoms with Gasteiger partial charge >= 0.3 is 0 Å². The lowest BCUT2D eigenvalue weighted by atomic mass is 9.51. The van der Waals surface area contributed by atoms with Crippen LogP contribution >= 0.6 is 0 Å². The lowest BCUT2D eigenvalue weighted by molar-refractivity contribution is -0.0419. The number of nitrogens with zero attached hydrogens (tertiary/aromatic N) is 1.